The van der Waals surface area contributed by atoms with Gasteiger partial charge in [-0.15, -0.1) is 0 Å². The minimum absolute atomic E-state index is 0.669. The van der Waals surface area contributed by atoms with Gasteiger partial charge in [-0.1, -0.05) is 13.2 Å². The van der Waals surface area contributed by atoms with Crippen molar-refractivity contribution in [1.29, 1.82) is 0 Å². The van der Waals surface area contributed by atoms with Crippen molar-refractivity contribution >= 4 is 0 Å². The van der Waals surface area contributed by atoms with Crippen molar-refractivity contribution in [2.45, 2.75) is 67.4 Å². The van der Waals surface area contributed by atoms with E-state index in [2.05, 4.69) is 17.9 Å². The summed E-state index contributed by atoms with van der Waals surface area (Å²) in [6.07, 6.45) is -12.6. The van der Waals surface area contributed by atoms with Gasteiger partial charge in [0.15, 0.2) is 18.9 Å². The first-order valence-electron chi connectivity index (χ1n) is 9.52. The molecule has 0 amide bonds. The zero-order valence-corrected chi connectivity index (χ0v) is 17.1. The van der Waals surface area contributed by atoms with Crippen LogP contribution in [-0.2, 0) is 18.9 Å². The average molecular weight is 472 g/mol. The summed E-state index contributed by atoms with van der Waals surface area (Å²) in [5.74, 6) is -2.22. The number of hydrogen-bond acceptors (Lipinski definition) is 14. The molecule has 2 aliphatic rings. The van der Waals surface area contributed by atoms with E-state index in [0.29, 0.717) is 0 Å². The van der Waals surface area contributed by atoms with Gasteiger partial charge in [0.1, 0.15) is 49.3 Å². The summed E-state index contributed by atoms with van der Waals surface area (Å²) in [5.41, 5.74) is 0. The van der Waals surface area contributed by atoms with Crippen LogP contribution in [0, 0.1) is 0 Å². The molecule has 0 aromatic rings. The third kappa shape index (κ3) is 6.72. The van der Waals surface area contributed by atoms with Gasteiger partial charge in [0.2, 0.25) is 5.79 Å². The summed E-state index contributed by atoms with van der Waals surface area (Å²) < 4.78 is 19.9. The Hall–Kier alpha value is -1.08. The summed E-state index contributed by atoms with van der Waals surface area (Å²) >= 11 is 0. The lowest BCUT2D eigenvalue weighted by Crippen LogP contribution is -2.62. The Balaban J connectivity index is 0.000000482. The molecule has 11 atom stereocenters. The minimum atomic E-state index is -2.22. The molecule has 0 aromatic heterocycles. The third-order valence-electron chi connectivity index (χ3n) is 4.75. The molecule has 188 valence electrons. The molecule has 0 radical (unpaired) electrons. The molecule has 2 heterocycles. The highest BCUT2D eigenvalue weighted by Gasteiger charge is 2.58. The van der Waals surface area contributed by atoms with Crippen molar-refractivity contribution in [1.82, 2.24) is 0 Å². The van der Waals surface area contributed by atoms with Crippen LogP contribution in [-0.4, -0.2) is 138 Å². The van der Waals surface area contributed by atoms with Gasteiger partial charge in [-0.05, 0) is 12.2 Å². The van der Waals surface area contributed by atoms with Crippen LogP contribution in [0.1, 0.15) is 0 Å². The summed E-state index contributed by atoms with van der Waals surface area (Å²) in [6.45, 7) is 4.13. The van der Waals surface area contributed by atoms with Gasteiger partial charge in [0, 0.05) is 0 Å². The lowest BCUT2D eigenvalue weighted by molar-refractivity contribution is -0.383. The van der Waals surface area contributed by atoms with Crippen molar-refractivity contribution in [2.75, 3.05) is 19.8 Å². The van der Waals surface area contributed by atoms with E-state index >= 15 is 0 Å². The smallest absolute Gasteiger partial charge is 0.224 e. The zero-order chi connectivity index (χ0) is 24.6. The van der Waals surface area contributed by atoms with E-state index < -0.39 is 87.2 Å². The van der Waals surface area contributed by atoms with E-state index in [1.165, 1.54) is 0 Å². The lowest BCUT2D eigenvalue weighted by atomic mass is 9.99. The molecular formula is C18H32O14. The van der Waals surface area contributed by atoms with E-state index in [4.69, 9.17) is 34.6 Å². The summed E-state index contributed by atoms with van der Waals surface area (Å²) in [6, 6.07) is 0. The molecule has 0 bridgehead atoms. The van der Waals surface area contributed by atoms with Crippen LogP contribution in [0.2, 0.25) is 0 Å². The highest BCUT2D eigenvalue weighted by Crippen LogP contribution is 2.35. The lowest BCUT2D eigenvalue weighted by Gasteiger charge is -2.43. The van der Waals surface area contributed by atoms with Gasteiger partial charge in [-0.25, -0.2) is 0 Å². The Morgan fingerprint density at radius 2 is 1.34 bits per heavy atom. The van der Waals surface area contributed by atoms with Gasteiger partial charge in [-0.2, -0.15) is 0 Å². The molecule has 14 heteroatoms. The third-order valence-corrected chi connectivity index (χ3v) is 4.75. The van der Waals surface area contributed by atoms with Gasteiger partial charge in [-0.3, -0.25) is 0 Å². The highest BCUT2D eigenvalue weighted by atomic mass is 16.8. The Bertz CT molecular complexity index is 564. The average Bonchev–Trinajstić information content (AvgIpc) is 3.04. The quantitative estimate of drug-likeness (QED) is 0.111. The Kier molecular flexibility index (Phi) is 11.7. The molecule has 2 fully saturated rings. The molecule has 2 unspecified atom stereocenters. The van der Waals surface area contributed by atoms with Gasteiger partial charge < -0.3 is 70.0 Å². The van der Waals surface area contributed by atoms with Crippen LogP contribution in [0.15, 0.2) is 25.3 Å². The van der Waals surface area contributed by atoms with Crippen LogP contribution in [0.4, 0.5) is 0 Å². The Labute approximate surface area is 183 Å². The van der Waals surface area contributed by atoms with E-state index in [-0.39, 0.29) is 0 Å². The monoisotopic (exact) mass is 472 g/mol. The molecule has 14 nitrogen and oxygen atoms in total. The van der Waals surface area contributed by atoms with Gasteiger partial charge >= 0.3 is 0 Å². The maximum Gasteiger partial charge on any atom is 0.224 e. The highest BCUT2D eigenvalue weighted by molar-refractivity contribution is 4.98. The molecule has 2 saturated heterocycles. The van der Waals surface area contributed by atoms with Crippen molar-refractivity contribution in [3.8, 4) is 0 Å². The first kappa shape index (κ1) is 29.0. The molecule has 0 aliphatic carbocycles. The van der Waals surface area contributed by atoms with E-state index in [1.54, 1.807) is 0 Å². The molecule has 2 rings (SSSR count). The predicted molar refractivity (Wildman–Crippen MR) is 102 cm³/mol. The van der Waals surface area contributed by atoms with Gasteiger partial charge in [0.25, 0.3) is 0 Å². The summed E-state index contributed by atoms with van der Waals surface area (Å²) in [5, 5.41) is 93.9. The summed E-state index contributed by atoms with van der Waals surface area (Å²) in [7, 11) is 0. The van der Waals surface area contributed by atoms with Crippen molar-refractivity contribution in [3.63, 3.8) is 0 Å². The van der Waals surface area contributed by atoms with E-state index in [0.717, 1.165) is 12.2 Å². The van der Waals surface area contributed by atoms with Crippen LogP contribution >= 0.6 is 0 Å². The van der Waals surface area contributed by atoms with E-state index in [9.17, 15) is 30.6 Å². The maximum absolute atomic E-state index is 10.00. The zero-order valence-electron chi connectivity index (χ0n) is 17.1. The molecule has 0 spiro atoms. The van der Waals surface area contributed by atoms with E-state index in [1.807, 2.05) is 0 Å². The number of ether oxygens (including phenoxy) is 4. The Morgan fingerprint density at radius 1 is 0.812 bits per heavy atom. The number of rotatable bonds is 9. The Morgan fingerprint density at radius 3 is 1.75 bits per heavy atom. The SMILES string of the molecule is C=CC(O)OC(O)C=C.OC[C@H]1O[C@@](CO)(O[C@H]2O[C@H](CO)[C@@H](O)[C@H](O)[C@H]2O)[C@@H](O)[C@@H]1O. The molecular weight excluding hydrogens is 440 g/mol. The van der Waals surface area contributed by atoms with Crippen LogP contribution in [0.3, 0.4) is 0 Å². The van der Waals surface area contributed by atoms with Crippen molar-refractivity contribution in [3.05, 3.63) is 25.3 Å². The normalized spacial score (nSPS) is 41.3. The van der Waals surface area contributed by atoms with Crippen molar-refractivity contribution in [2.24, 2.45) is 0 Å². The van der Waals surface area contributed by atoms with Crippen molar-refractivity contribution < 1.29 is 70.0 Å². The fourth-order valence-corrected chi connectivity index (χ4v) is 2.89. The predicted octanol–water partition coefficient (Wildman–Crippen LogP) is -5.38. The topological polar surface area (TPSA) is 239 Å². The minimum Gasteiger partial charge on any atom is -0.394 e. The molecule has 0 aromatic carbocycles. The van der Waals surface area contributed by atoms with Gasteiger partial charge in [0.05, 0.1) is 13.2 Å². The largest absolute Gasteiger partial charge is 0.394 e. The maximum atomic E-state index is 10.00. The fraction of sp³-hybridized carbons (Fsp3) is 0.778. The van der Waals surface area contributed by atoms with Crippen LogP contribution in [0.25, 0.3) is 0 Å². The molecule has 0 saturated carbocycles. The number of aliphatic hydroxyl groups is 10. The second-order valence-electron chi connectivity index (χ2n) is 6.95. The fourth-order valence-electron chi connectivity index (χ4n) is 2.89. The molecule has 2 aliphatic heterocycles. The second kappa shape index (κ2) is 13.0. The number of hydrogen-bond donors (Lipinski definition) is 10. The van der Waals surface area contributed by atoms with Crippen LogP contribution in [0.5, 0.6) is 0 Å². The standard InChI is InChI=1S/C12H22O11.C6H10O3/c13-1-4-6(16)8(18)9(19)11(21-4)23-12(3-15)10(20)7(17)5(2-14)22-12;1-3-5(7)9-6(8)4-2/h4-11,13-20H,1-3H2;3-8H,1-2H2/t4-,5-,6-,7-,8+,9-,10+,11-,12+;/m1./s1. The molecule has 32 heavy (non-hydrogen) atoms. The first-order valence-corrected chi connectivity index (χ1v) is 9.52. The molecule has 10 N–H and O–H groups in total. The summed E-state index contributed by atoms with van der Waals surface area (Å²) in [4.78, 5) is 0. The second-order valence-corrected chi connectivity index (χ2v) is 6.95. The number of aliphatic hydroxyl groups excluding tert-OH is 10. The van der Waals surface area contributed by atoms with Crippen LogP contribution < -0.4 is 0 Å². The first-order chi connectivity index (χ1) is 15.0.